The van der Waals surface area contributed by atoms with Crippen LogP contribution in [0.5, 0.6) is 17.2 Å². The molecule has 0 radical (unpaired) electrons. The summed E-state index contributed by atoms with van der Waals surface area (Å²) in [5.74, 6) is 2.34. The van der Waals surface area contributed by atoms with Crippen molar-refractivity contribution < 1.29 is 14.2 Å². The SMILES string of the molecule is COc1cc(C)cc(-c2[nH]ncc2-c2ccnc(Cl)c2)c1.COc1cc(C)cc(-c2c(-c3ccnc(Cl)c3)cnn2CC#N)c1.COc1cc(C)cc(-c2nn(CC#N)cc2-c2ccnc(Cl)c2)c1. The lowest BCUT2D eigenvalue weighted by molar-refractivity contribution is 0.414. The first-order valence-corrected chi connectivity index (χ1v) is 22.3. The molecule has 1 N–H and O–H groups in total. The number of benzene rings is 3. The number of rotatable bonds is 11. The number of aromatic amines is 1. The monoisotopic (exact) mass is 975 g/mol. The maximum Gasteiger partial charge on any atom is 0.129 e. The summed E-state index contributed by atoms with van der Waals surface area (Å²) < 4.78 is 19.4. The van der Waals surface area contributed by atoms with Gasteiger partial charge in [-0.3, -0.25) is 14.5 Å². The van der Waals surface area contributed by atoms with E-state index in [1.807, 2.05) is 99.8 Å². The molecule has 14 nitrogen and oxygen atoms in total. The number of aryl methyl sites for hydroxylation is 3. The summed E-state index contributed by atoms with van der Waals surface area (Å²) in [5.41, 5.74) is 14.2. The number of hydrogen-bond acceptors (Lipinski definition) is 11. The van der Waals surface area contributed by atoms with E-state index in [-0.39, 0.29) is 13.1 Å². The number of hydrogen-bond donors (Lipinski definition) is 1. The van der Waals surface area contributed by atoms with E-state index in [1.165, 1.54) is 0 Å². The van der Waals surface area contributed by atoms with Crippen molar-refractivity contribution in [2.45, 2.75) is 33.9 Å². The third kappa shape index (κ3) is 12.1. The molecule has 0 saturated carbocycles. The van der Waals surface area contributed by atoms with E-state index < -0.39 is 0 Å². The first-order valence-electron chi connectivity index (χ1n) is 21.1. The van der Waals surface area contributed by atoms with Crippen molar-refractivity contribution in [1.82, 2.24) is 44.7 Å². The van der Waals surface area contributed by atoms with Crippen LogP contribution >= 0.6 is 34.8 Å². The Kier molecular flexibility index (Phi) is 16.1. The molecule has 346 valence electrons. The lowest BCUT2D eigenvalue weighted by Gasteiger charge is -2.11. The highest BCUT2D eigenvalue weighted by atomic mass is 35.5. The van der Waals surface area contributed by atoms with Gasteiger partial charge in [0.2, 0.25) is 0 Å². The number of H-pyrrole nitrogens is 1. The average molecular weight is 977 g/mol. The molecule has 9 aromatic rings. The van der Waals surface area contributed by atoms with Gasteiger partial charge in [-0.15, -0.1) is 0 Å². The first-order chi connectivity index (χ1) is 33.4. The van der Waals surface area contributed by atoms with Crippen LogP contribution in [0.25, 0.3) is 67.2 Å². The Labute approximate surface area is 414 Å². The van der Waals surface area contributed by atoms with E-state index >= 15 is 0 Å². The van der Waals surface area contributed by atoms with Crippen molar-refractivity contribution in [2.75, 3.05) is 21.3 Å². The molecule has 9 rings (SSSR count). The van der Waals surface area contributed by atoms with Gasteiger partial charge in [-0.05, 0) is 145 Å². The minimum Gasteiger partial charge on any atom is -0.497 e. The van der Waals surface area contributed by atoms with E-state index in [1.54, 1.807) is 73.8 Å². The van der Waals surface area contributed by atoms with E-state index in [9.17, 15) is 0 Å². The molecule has 6 aromatic heterocycles. The van der Waals surface area contributed by atoms with E-state index in [0.717, 1.165) is 101 Å². The van der Waals surface area contributed by atoms with Crippen molar-refractivity contribution in [1.29, 1.82) is 10.5 Å². The topological polar surface area (TPSA) is 178 Å². The van der Waals surface area contributed by atoms with Gasteiger partial charge in [0, 0.05) is 58.2 Å². The molecule has 0 saturated heterocycles. The van der Waals surface area contributed by atoms with Crippen molar-refractivity contribution >= 4 is 34.8 Å². The summed E-state index contributed by atoms with van der Waals surface area (Å²) in [6.45, 7) is 6.37. The lowest BCUT2D eigenvalue weighted by Crippen LogP contribution is -2.01. The fourth-order valence-corrected chi connectivity index (χ4v) is 8.06. The van der Waals surface area contributed by atoms with E-state index in [0.29, 0.717) is 15.5 Å². The zero-order valence-corrected chi connectivity index (χ0v) is 40.6. The van der Waals surface area contributed by atoms with Gasteiger partial charge in [0.25, 0.3) is 0 Å². The van der Waals surface area contributed by atoms with Crippen LogP contribution in [0.3, 0.4) is 0 Å². The van der Waals surface area contributed by atoms with Gasteiger partial charge in [-0.25, -0.2) is 15.0 Å². The summed E-state index contributed by atoms with van der Waals surface area (Å²) >= 11 is 18.0. The Morgan fingerprint density at radius 1 is 0.551 bits per heavy atom. The Bertz CT molecular complexity index is 3290. The molecule has 0 atom stereocenters. The Hall–Kier alpha value is -8.01. The molecule has 6 heterocycles. The quantitative estimate of drug-likeness (QED) is 0.122. The van der Waals surface area contributed by atoms with Crippen LogP contribution < -0.4 is 14.2 Å². The highest BCUT2D eigenvalue weighted by molar-refractivity contribution is 6.30. The van der Waals surface area contributed by atoms with E-state index in [4.69, 9.17) is 59.5 Å². The number of nitrogens with one attached hydrogen (secondary N) is 1. The van der Waals surface area contributed by atoms with Crippen LogP contribution in [0, 0.1) is 43.4 Å². The van der Waals surface area contributed by atoms with Gasteiger partial charge in [-0.2, -0.15) is 25.8 Å². The zero-order chi connectivity index (χ0) is 49.0. The second kappa shape index (κ2) is 22.7. The number of nitrogens with zero attached hydrogens (tertiary/aromatic N) is 10. The van der Waals surface area contributed by atoms with Gasteiger partial charge in [-0.1, -0.05) is 34.8 Å². The fourth-order valence-electron chi connectivity index (χ4n) is 7.54. The van der Waals surface area contributed by atoms with Crippen molar-refractivity contribution in [3.05, 3.63) is 160 Å². The third-order valence-electron chi connectivity index (χ3n) is 10.5. The molecule has 0 aliphatic carbocycles. The van der Waals surface area contributed by atoms with Crippen molar-refractivity contribution in [3.8, 4) is 96.5 Å². The second-order valence-corrected chi connectivity index (χ2v) is 16.6. The summed E-state index contributed by atoms with van der Waals surface area (Å²) in [5, 5.41) is 35.5. The van der Waals surface area contributed by atoms with Crippen LogP contribution in [-0.2, 0) is 13.1 Å². The Morgan fingerprint density at radius 3 is 1.55 bits per heavy atom. The Morgan fingerprint density at radius 2 is 1.03 bits per heavy atom. The normalized spacial score (nSPS) is 10.5. The van der Waals surface area contributed by atoms with E-state index in [2.05, 4.69) is 53.6 Å². The molecular weight excluding hydrogens is 933 g/mol. The number of pyridine rings is 3. The maximum absolute atomic E-state index is 9.10. The summed E-state index contributed by atoms with van der Waals surface area (Å²) in [6.07, 6.45) is 10.4. The molecule has 3 aromatic carbocycles. The second-order valence-electron chi connectivity index (χ2n) is 15.4. The molecule has 69 heavy (non-hydrogen) atoms. The molecule has 0 spiro atoms. The van der Waals surface area contributed by atoms with Crippen LogP contribution in [0.15, 0.2) is 128 Å². The number of ether oxygens (including phenoxy) is 3. The van der Waals surface area contributed by atoms with Crippen molar-refractivity contribution in [2.24, 2.45) is 0 Å². The average Bonchev–Trinajstić information content (AvgIpc) is 4.11. The molecular formula is C52H44Cl3N11O3. The molecule has 17 heteroatoms. The van der Waals surface area contributed by atoms with Gasteiger partial charge >= 0.3 is 0 Å². The van der Waals surface area contributed by atoms with Crippen LogP contribution in [0.2, 0.25) is 15.5 Å². The van der Waals surface area contributed by atoms with Crippen LogP contribution in [0.1, 0.15) is 16.7 Å². The highest BCUT2D eigenvalue weighted by Crippen LogP contribution is 2.37. The molecule has 0 aliphatic heterocycles. The van der Waals surface area contributed by atoms with Gasteiger partial charge in [0.1, 0.15) is 51.5 Å². The molecule has 0 amide bonds. The minimum atomic E-state index is 0.157. The number of aromatic nitrogens is 9. The number of halogens is 3. The standard InChI is InChI=1S/2C18H15ClN4O.C16H14ClN3O/c1-12-7-14(9-15(8-12)24-2)18-16(11-23(22-18)6-4-20)13-3-5-21-17(19)10-13;1-12-7-14(9-15(8-12)24-2)18-16(11-22-23(18)6-4-20)13-3-5-21-17(19)10-13;1-10-5-12(7-13(6-10)21-2)16-14(9-19-20-16)11-3-4-18-15(17)8-11/h2*3,5,7-11H,6H2,1-2H3;3-9H,1-2H3,(H,19,20). The van der Waals surface area contributed by atoms with Crippen LogP contribution in [-0.4, -0.2) is 66.0 Å². The number of nitriles is 2. The molecule has 0 fully saturated rings. The summed E-state index contributed by atoms with van der Waals surface area (Å²) in [6, 6.07) is 33.2. The summed E-state index contributed by atoms with van der Waals surface area (Å²) in [4.78, 5) is 12.0. The third-order valence-corrected chi connectivity index (χ3v) is 11.1. The first kappa shape index (κ1) is 48.9. The minimum absolute atomic E-state index is 0.157. The highest BCUT2D eigenvalue weighted by Gasteiger charge is 2.18. The van der Waals surface area contributed by atoms with Crippen molar-refractivity contribution in [3.63, 3.8) is 0 Å². The zero-order valence-electron chi connectivity index (χ0n) is 38.4. The fraction of sp³-hybridized carbons (Fsp3) is 0.154. The number of methoxy groups -OCH3 is 3. The van der Waals surface area contributed by atoms with Crippen LogP contribution in [0.4, 0.5) is 0 Å². The van der Waals surface area contributed by atoms with Gasteiger partial charge in [0.05, 0.1) is 57.2 Å². The lowest BCUT2D eigenvalue weighted by atomic mass is 10.0. The predicted molar refractivity (Wildman–Crippen MR) is 269 cm³/mol. The molecule has 0 aliphatic rings. The van der Waals surface area contributed by atoms with Gasteiger partial charge < -0.3 is 14.2 Å². The maximum atomic E-state index is 9.10. The predicted octanol–water partition coefficient (Wildman–Crippen LogP) is 12.3. The smallest absolute Gasteiger partial charge is 0.129 e. The largest absolute Gasteiger partial charge is 0.497 e. The van der Waals surface area contributed by atoms with Gasteiger partial charge in [0.15, 0.2) is 0 Å². The summed E-state index contributed by atoms with van der Waals surface area (Å²) in [7, 11) is 4.93. The molecule has 0 unspecified atom stereocenters. The Balaban J connectivity index is 0.000000153. The molecule has 0 bridgehead atoms.